The molecule has 4 rings (SSSR count). The summed E-state index contributed by atoms with van der Waals surface area (Å²) in [4.78, 5) is 23.8. The number of fused-ring (bicyclic) bond motifs is 2. The monoisotopic (exact) mass is 292 g/mol. The van der Waals surface area contributed by atoms with Crippen LogP contribution in [-0.4, -0.2) is 31.1 Å². The van der Waals surface area contributed by atoms with E-state index in [0.29, 0.717) is 17.0 Å². The van der Waals surface area contributed by atoms with E-state index in [-0.39, 0.29) is 5.91 Å². The van der Waals surface area contributed by atoms with Crippen molar-refractivity contribution in [1.82, 2.24) is 25.1 Å². The number of aromatic amines is 2. The Kier molecular flexibility index (Phi) is 2.65. The topological polar surface area (TPSA) is 99.4 Å². The van der Waals surface area contributed by atoms with Crippen LogP contribution in [0, 0.1) is 6.92 Å². The van der Waals surface area contributed by atoms with Gasteiger partial charge in [-0.05, 0) is 37.3 Å². The molecule has 22 heavy (non-hydrogen) atoms. The molecule has 0 radical (unpaired) electrons. The van der Waals surface area contributed by atoms with Gasteiger partial charge in [-0.15, -0.1) is 0 Å². The van der Waals surface area contributed by atoms with Crippen LogP contribution in [-0.2, 0) is 0 Å². The van der Waals surface area contributed by atoms with Crippen molar-refractivity contribution in [3.05, 3.63) is 47.9 Å². The molecule has 0 saturated heterocycles. The zero-order valence-corrected chi connectivity index (χ0v) is 11.7. The van der Waals surface area contributed by atoms with Crippen molar-refractivity contribution in [2.24, 2.45) is 0 Å². The summed E-state index contributed by atoms with van der Waals surface area (Å²) < 4.78 is 0. The van der Waals surface area contributed by atoms with Crippen LogP contribution in [0.5, 0.6) is 0 Å². The van der Waals surface area contributed by atoms with E-state index in [1.54, 1.807) is 24.5 Å². The molecule has 0 atom stereocenters. The second kappa shape index (κ2) is 4.66. The number of carbonyl (C=O) groups excluding carboxylic acids is 1. The Balaban J connectivity index is 1.67. The minimum absolute atomic E-state index is 0.231. The minimum atomic E-state index is -0.231. The fraction of sp³-hybridized carbons (Fsp3) is 0.0667. The molecule has 108 valence electrons. The van der Waals surface area contributed by atoms with Gasteiger partial charge in [-0.2, -0.15) is 5.10 Å². The van der Waals surface area contributed by atoms with E-state index in [1.807, 2.05) is 19.1 Å². The van der Waals surface area contributed by atoms with Crippen LogP contribution < -0.4 is 5.32 Å². The first-order valence-electron chi connectivity index (χ1n) is 6.77. The molecule has 7 heteroatoms. The van der Waals surface area contributed by atoms with E-state index in [4.69, 9.17) is 0 Å². The zero-order valence-electron chi connectivity index (χ0n) is 11.7. The molecule has 3 N–H and O–H groups in total. The highest BCUT2D eigenvalue weighted by Gasteiger charge is 2.12. The Bertz CT molecular complexity index is 1000. The largest absolute Gasteiger partial charge is 0.345 e. The average Bonchev–Trinajstić information content (AvgIpc) is 3.13. The average molecular weight is 292 g/mol. The molecule has 0 unspecified atom stereocenters. The molecule has 0 saturated carbocycles. The van der Waals surface area contributed by atoms with Crippen LogP contribution in [0.4, 0.5) is 5.82 Å². The second-order valence-electron chi connectivity index (χ2n) is 5.01. The number of aromatic nitrogens is 5. The highest BCUT2D eigenvalue weighted by Crippen LogP contribution is 2.20. The fourth-order valence-electron chi connectivity index (χ4n) is 2.35. The Labute approximate surface area is 124 Å². The van der Waals surface area contributed by atoms with Gasteiger partial charge in [0, 0.05) is 11.3 Å². The van der Waals surface area contributed by atoms with Gasteiger partial charge in [0.25, 0.3) is 5.91 Å². The molecule has 7 nitrogen and oxygen atoms in total. The first kappa shape index (κ1) is 12.5. The number of carbonyl (C=O) groups is 1. The number of hydrogen-bond acceptors (Lipinski definition) is 4. The van der Waals surface area contributed by atoms with Crippen LogP contribution in [0.25, 0.3) is 22.1 Å². The van der Waals surface area contributed by atoms with E-state index in [9.17, 15) is 4.79 Å². The maximum Gasteiger partial charge on any atom is 0.256 e. The Morgan fingerprint density at radius 2 is 2.14 bits per heavy atom. The number of anilines is 1. The van der Waals surface area contributed by atoms with Gasteiger partial charge in [-0.25, -0.2) is 9.97 Å². The molecule has 0 aliphatic rings. The van der Waals surface area contributed by atoms with Gasteiger partial charge in [0.2, 0.25) is 0 Å². The summed E-state index contributed by atoms with van der Waals surface area (Å²) in [7, 11) is 0. The van der Waals surface area contributed by atoms with Crippen molar-refractivity contribution in [2.45, 2.75) is 6.92 Å². The molecule has 0 spiro atoms. The molecule has 0 bridgehead atoms. The standard InChI is InChI=1S/C15H12N6O/c1-8-2-4-10-13(18-8)20-21-14(10)19-15(22)9-3-5-11-12(6-9)17-7-16-11/h2-7H,1H3,(H,16,17)(H2,18,19,20,21,22). The van der Waals surface area contributed by atoms with Crippen LogP contribution in [0.15, 0.2) is 36.7 Å². The summed E-state index contributed by atoms with van der Waals surface area (Å²) in [6.45, 7) is 1.90. The molecule has 0 aliphatic heterocycles. The van der Waals surface area contributed by atoms with Gasteiger partial charge in [0.1, 0.15) is 0 Å². The van der Waals surface area contributed by atoms with Gasteiger partial charge in [-0.3, -0.25) is 9.89 Å². The number of nitrogens with zero attached hydrogens (tertiary/aromatic N) is 3. The second-order valence-corrected chi connectivity index (χ2v) is 5.01. The fourth-order valence-corrected chi connectivity index (χ4v) is 2.35. The van der Waals surface area contributed by atoms with Gasteiger partial charge in [0.05, 0.1) is 22.7 Å². The van der Waals surface area contributed by atoms with Crippen molar-refractivity contribution in [1.29, 1.82) is 0 Å². The number of imidazole rings is 1. The summed E-state index contributed by atoms with van der Waals surface area (Å²) in [5.41, 5.74) is 3.71. The molecule has 1 amide bonds. The zero-order chi connectivity index (χ0) is 15.1. The van der Waals surface area contributed by atoms with Crippen LogP contribution in [0.2, 0.25) is 0 Å². The first-order valence-corrected chi connectivity index (χ1v) is 6.77. The highest BCUT2D eigenvalue weighted by molar-refractivity contribution is 6.08. The molecular formula is C15H12N6O. The number of nitrogens with one attached hydrogen (secondary N) is 3. The lowest BCUT2D eigenvalue weighted by Gasteiger charge is -2.02. The number of hydrogen-bond donors (Lipinski definition) is 3. The normalized spacial score (nSPS) is 11.1. The summed E-state index contributed by atoms with van der Waals surface area (Å²) >= 11 is 0. The van der Waals surface area contributed by atoms with Crippen LogP contribution in [0.1, 0.15) is 16.1 Å². The minimum Gasteiger partial charge on any atom is -0.345 e. The summed E-state index contributed by atoms with van der Waals surface area (Å²) in [6, 6.07) is 9.05. The Hall–Kier alpha value is -3.22. The predicted molar refractivity (Wildman–Crippen MR) is 82.7 cm³/mol. The van der Waals surface area contributed by atoms with Crippen molar-refractivity contribution in [2.75, 3.05) is 5.32 Å². The predicted octanol–water partition coefficient (Wildman–Crippen LogP) is 2.39. The van der Waals surface area contributed by atoms with Gasteiger partial charge in [-0.1, -0.05) is 0 Å². The first-order chi connectivity index (χ1) is 10.7. The molecule has 0 aliphatic carbocycles. The van der Waals surface area contributed by atoms with E-state index in [0.717, 1.165) is 22.1 Å². The van der Waals surface area contributed by atoms with Crippen molar-refractivity contribution >= 4 is 33.8 Å². The summed E-state index contributed by atoms with van der Waals surface area (Å²) in [6.07, 6.45) is 1.60. The molecule has 1 aromatic carbocycles. The molecule has 3 aromatic heterocycles. The number of H-pyrrole nitrogens is 2. The maximum atomic E-state index is 12.4. The maximum absolute atomic E-state index is 12.4. The third-order valence-corrected chi connectivity index (χ3v) is 3.48. The van der Waals surface area contributed by atoms with Gasteiger partial charge < -0.3 is 10.3 Å². The van der Waals surface area contributed by atoms with E-state index < -0.39 is 0 Å². The smallest absolute Gasteiger partial charge is 0.256 e. The lowest BCUT2D eigenvalue weighted by molar-refractivity contribution is 0.102. The third-order valence-electron chi connectivity index (χ3n) is 3.48. The lowest BCUT2D eigenvalue weighted by Crippen LogP contribution is -2.12. The lowest BCUT2D eigenvalue weighted by atomic mass is 10.2. The highest BCUT2D eigenvalue weighted by atomic mass is 16.1. The molecular weight excluding hydrogens is 280 g/mol. The summed E-state index contributed by atoms with van der Waals surface area (Å²) in [5, 5.41) is 10.5. The number of rotatable bonds is 2. The Morgan fingerprint density at radius 1 is 1.23 bits per heavy atom. The van der Waals surface area contributed by atoms with Crippen molar-refractivity contribution in [3.8, 4) is 0 Å². The number of pyridine rings is 1. The quantitative estimate of drug-likeness (QED) is 0.528. The van der Waals surface area contributed by atoms with Crippen molar-refractivity contribution < 1.29 is 4.79 Å². The molecule has 4 aromatic rings. The molecule has 0 fully saturated rings. The number of aryl methyl sites for hydroxylation is 1. The molecule has 3 heterocycles. The Morgan fingerprint density at radius 3 is 3.05 bits per heavy atom. The number of benzene rings is 1. The summed E-state index contributed by atoms with van der Waals surface area (Å²) in [5.74, 6) is 0.239. The number of amides is 1. The SMILES string of the molecule is Cc1ccc2c(NC(=O)c3ccc4nc[nH]c4c3)n[nH]c2n1. The van der Waals surface area contributed by atoms with Crippen LogP contribution in [0.3, 0.4) is 0 Å². The van der Waals surface area contributed by atoms with Gasteiger partial charge >= 0.3 is 0 Å². The van der Waals surface area contributed by atoms with E-state index in [2.05, 4.69) is 30.5 Å². The van der Waals surface area contributed by atoms with Crippen LogP contribution >= 0.6 is 0 Å². The van der Waals surface area contributed by atoms with E-state index >= 15 is 0 Å². The van der Waals surface area contributed by atoms with E-state index in [1.165, 1.54) is 0 Å². The third kappa shape index (κ3) is 1.99. The van der Waals surface area contributed by atoms with Crippen molar-refractivity contribution in [3.63, 3.8) is 0 Å². The van der Waals surface area contributed by atoms with Gasteiger partial charge in [0.15, 0.2) is 11.5 Å².